The smallest absolute Gasteiger partial charge is 0.289 e. The molecule has 4 rings (SSSR count). The molecule has 1 saturated heterocycles. The zero-order valence-corrected chi connectivity index (χ0v) is 14.8. The van der Waals surface area contributed by atoms with Crippen LogP contribution in [-0.2, 0) is 11.8 Å². The Morgan fingerprint density at radius 3 is 2.46 bits per heavy atom. The molecule has 1 fully saturated rings. The standard InChI is InChI=1S/C16H19FN8O/c1-9-12(17)15(26)22-16(19-9)25-6-4-24(5-7-25)14-11-8-18-23(3)13(11)20-10(2)21-14/h8,12H,4-7H2,1-3H3. The molecule has 2 aromatic rings. The van der Waals surface area contributed by atoms with Crippen LogP contribution in [0.3, 0.4) is 0 Å². The first-order valence-electron chi connectivity index (χ1n) is 8.42. The lowest BCUT2D eigenvalue weighted by Crippen LogP contribution is -2.50. The molecule has 136 valence electrons. The summed E-state index contributed by atoms with van der Waals surface area (Å²) >= 11 is 0. The predicted molar refractivity (Wildman–Crippen MR) is 95.3 cm³/mol. The Hall–Kier alpha value is -2.91. The van der Waals surface area contributed by atoms with Crippen LogP contribution in [0.15, 0.2) is 16.2 Å². The zero-order valence-electron chi connectivity index (χ0n) is 14.8. The number of halogens is 1. The average molecular weight is 358 g/mol. The van der Waals surface area contributed by atoms with Gasteiger partial charge in [0.2, 0.25) is 12.1 Å². The summed E-state index contributed by atoms with van der Waals surface area (Å²) in [7, 11) is 1.85. The summed E-state index contributed by atoms with van der Waals surface area (Å²) in [6, 6.07) is 0. The Morgan fingerprint density at radius 2 is 1.77 bits per heavy atom. The Balaban J connectivity index is 1.55. The molecule has 2 aliphatic heterocycles. The maximum absolute atomic E-state index is 13.5. The van der Waals surface area contributed by atoms with Crippen molar-refractivity contribution in [2.24, 2.45) is 17.0 Å². The number of alkyl halides is 1. The van der Waals surface area contributed by atoms with E-state index in [4.69, 9.17) is 0 Å². The minimum absolute atomic E-state index is 0.158. The first-order valence-corrected chi connectivity index (χ1v) is 8.42. The van der Waals surface area contributed by atoms with Crippen molar-refractivity contribution in [1.29, 1.82) is 0 Å². The molecule has 1 amide bonds. The van der Waals surface area contributed by atoms with E-state index in [-0.39, 0.29) is 5.71 Å². The van der Waals surface area contributed by atoms with Crippen LogP contribution in [0.4, 0.5) is 10.2 Å². The van der Waals surface area contributed by atoms with Gasteiger partial charge < -0.3 is 9.80 Å². The van der Waals surface area contributed by atoms with Gasteiger partial charge in [0.15, 0.2) is 5.65 Å². The van der Waals surface area contributed by atoms with Crippen molar-refractivity contribution in [2.45, 2.75) is 20.0 Å². The SMILES string of the molecule is CC1=NC(N2CCN(c3nc(C)nc4c3cnn4C)CC2)=NC(=O)C1F. The lowest BCUT2D eigenvalue weighted by Gasteiger charge is -2.36. The van der Waals surface area contributed by atoms with Gasteiger partial charge in [-0.1, -0.05) is 0 Å². The third kappa shape index (κ3) is 2.71. The maximum Gasteiger partial charge on any atom is 0.289 e. The van der Waals surface area contributed by atoms with Crippen molar-refractivity contribution < 1.29 is 9.18 Å². The van der Waals surface area contributed by atoms with E-state index in [2.05, 4.69) is 30.0 Å². The monoisotopic (exact) mass is 358 g/mol. The normalized spacial score (nSPS) is 21.2. The van der Waals surface area contributed by atoms with Gasteiger partial charge in [0, 0.05) is 33.2 Å². The van der Waals surface area contributed by atoms with E-state index < -0.39 is 12.1 Å². The number of nitrogens with zero attached hydrogens (tertiary/aromatic N) is 8. The molecule has 0 N–H and O–H groups in total. The number of piperazine rings is 1. The van der Waals surface area contributed by atoms with E-state index in [1.807, 2.05) is 18.9 Å². The van der Waals surface area contributed by atoms with Gasteiger partial charge in [0.05, 0.1) is 17.3 Å². The fraction of sp³-hybridized carbons (Fsp3) is 0.500. The molecule has 0 radical (unpaired) electrons. The fourth-order valence-corrected chi connectivity index (χ4v) is 3.19. The van der Waals surface area contributed by atoms with Gasteiger partial charge in [-0.3, -0.25) is 9.48 Å². The molecule has 10 heteroatoms. The second-order valence-corrected chi connectivity index (χ2v) is 6.44. The quantitative estimate of drug-likeness (QED) is 0.737. The van der Waals surface area contributed by atoms with Crippen molar-refractivity contribution in [1.82, 2.24) is 24.6 Å². The largest absolute Gasteiger partial charge is 0.352 e. The highest BCUT2D eigenvalue weighted by molar-refractivity contribution is 6.16. The van der Waals surface area contributed by atoms with Crippen LogP contribution in [-0.4, -0.2) is 74.6 Å². The number of aromatic nitrogens is 4. The van der Waals surface area contributed by atoms with E-state index >= 15 is 0 Å². The molecule has 4 heterocycles. The Bertz CT molecular complexity index is 941. The lowest BCUT2D eigenvalue weighted by atomic mass is 10.2. The number of aliphatic imine (C=N–C) groups is 2. The molecule has 0 bridgehead atoms. The Kier molecular flexibility index (Phi) is 3.89. The molecule has 26 heavy (non-hydrogen) atoms. The van der Waals surface area contributed by atoms with Crippen LogP contribution in [0, 0.1) is 6.92 Å². The number of fused-ring (bicyclic) bond motifs is 1. The van der Waals surface area contributed by atoms with Gasteiger partial charge in [-0.05, 0) is 13.8 Å². The van der Waals surface area contributed by atoms with E-state index in [1.165, 1.54) is 6.92 Å². The van der Waals surface area contributed by atoms with Gasteiger partial charge in [0.25, 0.3) is 5.91 Å². The highest BCUT2D eigenvalue weighted by Gasteiger charge is 2.30. The highest BCUT2D eigenvalue weighted by Crippen LogP contribution is 2.24. The number of anilines is 1. The molecular formula is C16H19FN8O. The van der Waals surface area contributed by atoms with Crippen LogP contribution in [0.25, 0.3) is 11.0 Å². The molecule has 2 aromatic heterocycles. The topological polar surface area (TPSA) is 91.9 Å². The van der Waals surface area contributed by atoms with Crippen LogP contribution in [0.2, 0.25) is 0 Å². The van der Waals surface area contributed by atoms with Crippen molar-refractivity contribution in [3.8, 4) is 0 Å². The molecule has 9 nitrogen and oxygen atoms in total. The van der Waals surface area contributed by atoms with Crippen molar-refractivity contribution >= 4 is 34.4 Å². The van der Waals surface area contributed by atoms with E-state index in [0.717, 1.165) is 16.9 Å². The van der Waals surface area contributed by atoms with Crippen LogP contribution < -0.4 is 4.90 Å². The summed E-state index contributed by atoms with van der Waals surface area (Å²) in [4.78, 5) is 32.7. The van der Waals surface area contributed by atoms with Gasteiger partial charge in [-0.15, -0.1) is 0 Å². The summed E-state index contributed by atoms with van der Waals surface area (Å²) in [5.41, 5.74) is 0.956. The summed E-state index contributed by atoms with van der Waals surface area (Å²) < 4.78 is 15.3. The summed E-state index contributed by atoms with van der Waals surface area (Å²) in [6.07, 6.45) is 0.0537. The highest BCUT2D eigenvalue weighted by atomic mass is 19.1. The minimum Gasteiger partial charge on any atom is -0.352 e. The van der Waals surface area contributed by atoms with E-state index in [0.29, 0.717) is 38.0 Å². The number of carbonyl (C=O) groups is 1. The first kappa shape index (κ1) is 16.6. The Labute approximate surface area is 149 Å². The summed E-state index contributed by atoms with van der Waals surface area (Å²) in [5.74, 6) is 1.06. The molecule has 0 spiro atoms. The van der Waals surface area contributed by atoms with E-state index in [1.54, 1.807) is 10.9 Å². The zero-order chi connectivity index (χ0) is 18.4. The predicted octanol–water partition coefficient (Wildman–Crippen LogP) is 0.489. The lowest BCUT2D eigenvalue weighted by molar-refractivity contribution is -0.120. The number of amides is 1. The van der Waals surface area contributed by atoms with Crippen LogP contribution >= 0.6 is 0 Å². The number of hydrogen-bond donors (Lipinski definition) is 0. The summed E-state index contributed by atoms with van der Waals surface area (Å²) in [6.45, 7) is 5.97. The van der Waals surface area contributed by atoms with Gasteiger partial charge in [-0.25, -0.2) is 19.4 Å². The molecule has 1 unspecified atom stereocenters. The number of aryl methyl sites for hydroxylation is 2. The number of guanidine groups is 1. The van der Waals surface area contributed by atoms with Crippen LogP contribution in [0.1, 0.15) is 12.7 Å². The van der Waals surface area contributed by atoms with Gasteiger partial charge in [0.1, 0.15) is 11.6 Å². The summed E-state index contributed by atoms with van der Waals surface area (Å²) in [5, 5.41) is 5.18. The third-order valence-corrected chi connectivity index (χ3v) is 4.62. The average Bonchev–Trinajstić information content (AvgIpc) is 3.00. The maximum atomic E-state index is 13.5. The van der Waals surface area contributed by atoms with Crippen molar-refractivity contribution in [3.05, 3.63) is 12.0 Å². The number of rotatable bonds is 1. The molecule has 2 aliphatic rings. The van der Waals surface area contributed by atoms with E-state index in [9.17, 15) is 9.18 Å². The molecular weight excluding hydrogens is 339 g/mol. The third-order valence-electron chi connectivity index (χ3n) is 4.62. The van der Waals surface area contributed by atoms with Crippen molar-refractivity contribution in [3.63, 3.8) is 0 Å². The van der Waals surface area contributed by atoms with Gasteiger partial charge >= 0.3 is 0 Å². The van der Waals surface area contributed by atoms with Crippen molar-refractivity contribution in [2.75, 3.05) is 31.1 Å². The minimum atomic E-state index is -1.72. The first-order chi connectivity index (χ1) is 12.4. The molecule has 0 aliphatic carbocycles. The molecule has 0 aromatic carbocycles. The van der Waals surface area contributed by atoms with Gasteiger partial charge in [-0.2, -0.15) is 10.1 Å². The second kappa shape index (κ2) is 6.11. The molecule has 1 atom stereocenters. The molecule has 0 saturated carbocycles. The number of hydrogen-bond acceptors (Lipinski definition) is 7. The number of carbonyl (C=O) groups excluding carboxylic acids is 1. The Morgan fingerprint density at radius 1 is 1.08 bits per heavy atom. The second-order valence-electron chi connectivity index (χ2n) is 6.44. The fourth-order valence-electron chi connectivity index (χ4n) is 3.19. The van der Waals surface area contributed by atoms with Crippen LogP contribution in [0.5, 0.6) is 0 Å².